The van der Waals surface area contributed by atoms with Gasteiger partial charge in [-0.3, -0.25) is 25.8 Å². The Bertz CT molecular complexity index is 722. The van der Waals surface area contributed by atoms with Crippen molar-refractivity contribution in [3.63, 3.8) is 0 Å². The molecule has 0 saturated heterocycles. The third-order valence-electron chi connectivity index (χ3n) is 2.78. The van der Waals surface area contributed by atoms with Crippen molar-refractivity contribution in [3.8, 4) is 0 Å². The fourth-order valence-electron chi connectivity index (χ4n) is 1.62. The molecule has 0 fully saturated rings. The van der Waals surface area contributed by atoms with Crippen LogP contribution in [0.25, 0.3) is 6.08 Å². The van der Waals surface area contributed by atoms with Crippen molar-refractivity contribution in [1.29, 1.82) is 0 Å². The second kappa shape index (κ2) is 8.21. The Morgan fingerprint density at radius 3 is 2.52 bits per heavy atom. The lowest BCUT2D eigenvalue weighted by Gasteiger charge is -2.09. The Labute approximate surface area is 143 Å². The maximum absolute atomic E-state index is 11.9. The van der Waals surface area contributed by atoms with E-state index in [1.807, 2.05) is 36.6 Å². The summed E-state index contributed by atoms with van der Waals surface area (Å²) in [5.41, 5.74) is 6.47. The van der Waals surface area contributed by atoms with E-state index < -0.39 is 0 Å². The van der Waals surface area contributed by atoms with E-state index in [9.17, 15) is 9.59 Å². The summed E-state index contributed by atoms with van der Waals surface area (Å²) in [6.45, 7) is 1.94. The number of hydrogen-bond acceptors (Lipinski definition) is 4. The van der Waals surface area contributed by atoms with Crippen LogP contribution in [-0.2, 0) is 4.79 Å². The molecule has 2 aromatic rings. The van der Waals surface area contributed by atoms with Crippen molar-refractivity contribution in [2.75, 3.05) is 0 Å². The molecule has 23 heavy (non-hydrogen) atoms. The molecule has 1 aromatic heterocycles. The van der Waals surface area contributed by atoms with Gasteiger partial charge in [-0.1, -0.05) is 23.8 Å². The first-order chi connectivity index (χ1) is 11.0. The molecule has 0 radical (unpaired) electrons. The molecule has 0 atom stereocenters. The molecule has 0 bridgehead atoms. The SMILES string of the molecule is Cc1ccc(C(=O)NNC(=S)NC(=O)C=Cc2cccs2)cc1. The number of thiocarbonyl (C=S) groups is 1. The molecule has 2 amide bonds. The van der Waals surface area contributed by atoms with Crippen LogP contribution in [0.5, 0.6) is 0 Å². The second-order valence-electron chi connectivity index (χ2n) is 4.61. The zero-order valence-electron chi connectivity index (χ0n) is 12.3. The second-order valence-corrected chi connectivity index (χ2v) is 6.00. The molecule has 118 valence electrons. The highest BCUT2D eigenvalue weighted by Gasteiger charge is 2.06. The molecule has 3 N–H and O–H groups in total. The summed E-state index contributed by atoms with van der Waals surface area (Å²) in [5, 5.41) is 4.38. The summed E-state index contributed by atoms with van der Waals surface area (Å²) in [6.07, 6.45) is 3.06. The number of benzene rings is 1. The highest BCUT2D eigenvalue weighted by atomic mass is 32.1. The number of carbonyl (C=O) groups excluding carboxylic acids is 2. The van der Waals surface area contributed by atoms with Gasteiger partial charge in [-0.15, -0.1) is 11.3 Å². The minimum absolute atomic E-state index is 0.0197. The third kappa shape index (κ3) is 5.65. The van der Waals surface area contributed by atoms with Gasteiger partial charge in [0.1, 0.15) is 0 Å². The van der Waals surface area contributed by atoms with Gasteiger partial charge in [-0.05, 0) is 48.8 Å². The van der Waals surface area contributed by atoms with Crippen LogP contribution >= 0.6 is 23.6 Å². The molecule has 0 unspecified atom stereocenters. The number of aryl methyl sites for hydroxylation is 1. The van der Waals surface area contributed by atoms with E-state index >= 15 is 0 Å². The molecule has 0 saturated carbocycles. The average Bonchev–Trinajstić information content (AvgIpc) is 3.05. The molecule has 0 aliphatic rings. The molecule has 0 spiro atoms. The first-order valence-electron chi connectivity index (χ1n) is 6.74. The standard InChI is InChI=1S/C16H15N3O2S2/c1-11-4-6-12(7-5-11)15(21)18-19-16(22)17-14(20)9-8-13-3-2-10-23-13/h2-10H,1H3,(H,18,21)(H2,17,19,20,22). The number of hydrogen-bond donors (Lipinski definition) is 3. The fraction of sp³-hybridized carbons (Fsp3) is 0.0625. The molecule has 1 heterocycles. The molecule has 2 rings (SSSR count). The highest BCUT2D eigenvalue weighted by molar-refractivity contribution is 7.80. The minimum Gasteiger partial charge on any atom is -0.298 e. The van der Waals surface area contributed by atoms with Crippen molar-refractivity contribution in [1.82, 2.24) is 16.2 Å². The van der Waals surface area contributed by atoms with Gasteiger partial charge in [0.05, 0.1) is 0 Å². The van der Waals surface area contributed by atoms with Crippen LogP contribution < -0.4 is 16.2 Å². The smallest absolute Gasteiger partial charge is 0.269 e. The number of carbonyl (C=O) groups is 2. The van der Waals surface area contributed by atoms with Crippen LogP contribution in [0.3, 0.4) is 0 Å². The predicted molar refractivity (Wildman–Crippen MR) is 95.9 cm³/mol. The van der Waals surface area contributed by atoms with Crippen molar-refractivity contribution in [3.05, 3.63) is 63.9 Å². The number of hydrazine groups is 1. The summed E-state index contributed by atoms with van der Waals surface area (Å²) in [4.78, 5) is 24.5. The summed E-state index contributed by atoms with van der Waals surface area (Å²) < 4.78 is 0. The Kier molecular flexibility index (Phi) is 6.02. The normalized spacial score (nSPS) is 10.3. The van der Waals surface area contributed by atoms with Crippen molar-refractivity contribution < 1.29 is 9.59 Å². The first-order valence-corrected chi connectivity index (χ1v) is 8.03. The topological polar surface area (TPSA) is 70.2 Å². The predicted octanol–water partition coefficient (Wildman–Crippen LogP) is 2.41. The van der Waals surface area contributed by atoms with Gasteiger partial charge in [0.15, 0.2) is 5.11 Å². The van der Waals surface area contributed by atoms with E-state index in [0.29, 0.717) is 5.56 Å². The first kappa shape index (κ1) is 16.9. The summed E-state index contributed by atoms with van der Waals surface area (Å²) in [5.74, 6) is -0.712. The van der Waals surface area contributed by atoms with E-state index in [1.165, 1.54) is 17.4 Å². The molecular weight excluding hydrogens is 330 g/mol. The lowest BCUT2D eigenvalue weighted by molar-refractivity contribution is -0.115. The Morgan fingerprint density at radius 2 is 1.87 bits per heavy atom. The van der Waals surface area contributed by atoms with E-state index in [2.05, 4.69) is 16.2 Å². The maximum atomic E-state index is 11.9. The zero-order valence-corrected chi connectivity index (χ0v) is 14.0. The van der Waals surface area contributed by atoms with Crippen LogP contribution in [-0.4, -0.2) is 16.9 Å². The van der Waals surface area contributed by atoms with Crippen LogP contribution in [0.2, 0.25) is 0 Å². The number of thiophene rings is 1. The fourth-order valence-corrected chi connectivity index (χ4v) is 2.39. The van der Waals surface area contributed by atoms with Crippen LogP contribution in [0.15, 0.2) is 47.9 Å². The van der Waals surface area contributed by atoms with E-state index in [1.54, 1.807) is 18.2 Å². The van der Waals surface area contributed by atoms with Gasteiger partial charge in [0.25, 0.3) is 5.91 Å². The number of amides is 2. The lowest BCUT2D eigenvalue weighted by Crippen LogP contribution is -2.48. The van der Waals surface area contributed by atoms with E-state index in [-0.39, 0.29) is 16.9 Å². The van der Waals surface area contributed by atoms with Gasteiger partial charge in [0.2, 0.25) is 5.91 Å². The van der Waals surface area contributed by atoms with Crippen molar-refractivity contribution in [2.45, 2.75) is 6.92 Å². The molecule has 0 aliphatic carbocycles. The molecule has 0 aliphatic heterocycles. The monoisotopic (exact) mass is 345 g/mol. The van der Waals surface area contributed by atoms with Crippen LogP contribution in [0.4, 0.5) is 0 Å². The Balaban J connectivity index is 1.77. The molecule has 5 nitrogen and oxygen atoms in total. The number of rotatable bonds is 3. The summed E-state index contributed by atoms with van der Waals surface area (Å²) in [6, 6.07) is 10.9. The van der Waals surface area contributed by atoms with Gasteiger partial charge < -0.3 is 0 Å². The minimum atomic E-state index is -0.375. The maximum Gasteiger partial charge on any atom is 0.269 e. The van der Waals surface area contributed by atoms with Crippen molar-refractivity contribution >= 4 is 46.6 Å². The summed E-state index contributed by atoms with van der Waals surface area (Å²) in [7, 11) is 0. The van der Waals surface area contributed by atoms with E-state index in [0.717, 1.165) is 10.4 Å². The van der Waals surface area contributed by atoms with Gasteiger partial charge in [-0.25, -0.2) is 0 Å². The highest BCUT2D eigenvalue weighted by Crippen LogP contribution is 2.09. The summed E-state index contributed by atoms with van der Waals surface area (Å²) >= 11 is 6.47. The Morgan fingerprint density at radius 1 is 1.13 bits per heavy atom. The largest absolute Gasteiger partial charge is 0.298 e. The third-order valence-corrected chi connectivity index (χ3v) is 3.82. The van der Waals surface area contributed by atoms with Gasteiger partial charge in [0, 0.05) is 16.5 Å². The van der Waals surface area contributed by atoms with E-state index in [4.69, 9.17) is 12.2 Å². The quantitative estimate of drug-likeness (QED) is 0.454. The molecular formula is C16H15N3O2S2. The van der Waals surface area contributed by atoms with Gasteiger partial charge in [-0.2, -0.15) is 0 Å². The Hall–Kier alpha value is -2.51. The van der Waals surface area contributed by atoms with Crippen LogP contribution in [0, 0.1) is 6.92 Å². The molecule has 1 aromatic carbocycles. The van der Waals surface area contributed by atoms with Crippen LogP contribution in [0.1, 0.15) is 20.8 Å². The van der Waals surface area contributed by atoms with Crippen molar-refractivity contribution in [2.24, 2.45) is 0 Å². The zero-order chi connectivity index (χ0) is 16.7. The lowest BCUT2D eigenvalue weighted by atomic mass is 10.1. The average molecular weight is 345 g/mol. The number of nitrogens with one attached hydrogen (secondary N) is 3. The molecule has 7 heteroatoms. The van der Waals surface area contributed by atoms with Gasteiger partial charge >= 0.3 is 0 Å².